The van der Waals surface area contributed by atoms with Gasteiger partial charge in [-0.1, -0.05) is 44.2 Å². The van der Waals surface area contributed by atoms with Crippen LogP contribution in [0.1, 0.15) is 47.1 Å². The van der Waals surface area contributed by atoms with Crippen LogP contribution >= 0.6 is 0 Å². The number of rotatable bonds is 6. The minimum absolute atomic E-state index is 0.130. The number of nitrogens with one attached hydrogen (secondary N) is 1. The van der Waals surface area contributed by atoms with E-state index in [9.17, 15) is 4.79 Å². The Morgan fingerprint density at radius 1 is 1.21 bits per heavy atom. The zero-order chi connectivity index (χ0) is 16.9. The van der Waals surface area contributed by atoms with Crippen molar-refractivity contribution in [2.75, 3.05) is 0 Å². The van der Waals surface area contributed by atoms with Gasteiger partial charge < -0.3 is 9.73 Å². The third-order valence-electron chi connectivity index (χ3n) is 3.85. The van der Waals surface area contributed by atoms with Gasteiger partial charge in [0, 0.05) is 0 Å². The molecule has 1 aromatic carbocycles. The van der Waals surface area contributed by atoms with Crippen LogP contribution < -0.4 is 5.32 Å². The summed E-state index contributed by atoms with van der Waals surface area (Å²) in [5, 5.41) is 7.32. The molecule has 1 amide bonds. The van der Waals surface area contributed by atoms with Crippen LogP contribution in [-0.4, -0.2) is 15.7 Å². The van der Waals surface area contributed by atoms with Crippen LogP contribution in [0.2, 0.25) is 0 Å². The summed E-state index contributed by atoms with van der Waals surface area (Å²) in [7, 11) is 0. The summed E-state index contributed by atoms with van der Waals surface area (Å²) in [6.07, 6.45) is 3.24. The van der Waals surface area contributed by atoms with Gasteiger partial charge in [0.25, 0.3) is 5.91 Å². The summed E-state index contributed by atoms with van der Waals surface area (Å²) in [5.74, 6) is 0.793. The minimum Gasteiger partial charge on any atom is -0.467 e. The molecule has 2 heterocycles. The molecular formula is C19H21N3O2. The van der Waals surface area contributed by atoms with E-state index in [1.165, 1.54) is 0 Å². The van der Waals surface area contributed by atoms with Crippen molar-refractivity contribution in [1.29, 1.82) is 0 Å². The van der Waals surface area contributed by atoms with Gasteiger partial charge in [-0.2, -0.15) is 5.10 Å². The predicted molar refractivity (Wildman–Crippen MR) is 91.7 cm³/mol. The number of hydrogen-bond donors (Lipinski definition) is 1. The largest absolute Gasteiger partial charge is 0.467 e. The van der Waals surface area contributed by atoms with Crippen LogP contribution in [0.15, 0.2) is 59.3 Å². The Kier molecular flexibility index (Phi) is 4.79. The first-order valence-corrected chi connectivity index (χ1v) is 8.05. The Labute approximate surface area is 141 Å². The Morgan fingerprint density at radius 2 is 2.00 bits per heavy atom. The van der Waals surface area contributed by atoms with Crippen LogP contribution in [-0.2, 0) is 13.1 Å². The van der Waals surface area contributed by atoms with Crippen molar-refractivity contribution < 1.29 is 9.21 Å². The second-order valence-electron chi connectivity index (χ2n) is 6.00. The number of benzene rings is 1. The normalized spacial score (nSPS) is 11.0. The van der Waals surface area contributed by atoms with Gasteiger partial charge in [-0.25, -0.2) is 0 Å². The molecule has 124 valence electrons. The SMILES string of the molecule is CC(C)c1c(C(=O)NCc2ccco2)cnn1Cc1ccccc1. The summed E-state index contributed by atoms with van der Waals surface area (Å²) in [4.78, 5) is 12.5. The maximum Gasteiger partial charge on any atom is 0.255 e. The van der Waals surface area contributed by atoms with Crippen molar-refractivity contribution in [1.82, 2.24) is 15.1 Å². The van der Waals surface area contributed by atoms with E-state index in [0.717, 1.165) is 17.0 Å². The molecule has 0 atom stereocenters. The average molecular weight is 323 g/mol. The Hall–Kier alpha value is -2.82. The molecule has 0 saturated carbocycles. The molecule has 0 aliphatic carbocycles. The first kappa shape index (κ1) is 16.1. The molecule has 3 aromatic rings. The molecule has 0 spiro atoms. The van der Waals surface area contributed by atoms with E-state index in [1.54, 1.807) is 18.5 Å². The van der Waals surface area contributed by atoms with E-state index in [-0.39, 0.29) is 11.8 Å². The topological polar surface area (TPSA) is 60.1 Å². The number of hydrogen-bond acceptors (Lipinski definition) is 3. The Balaban J connectivity index is 1.79. The van der Waals surface area contributed by atoms with Crippen LogP contribution in [0.25, 0.3) is 0 Å². The molecule has 5 heteroatoms. The molecule has 0 aliphatic rings. The predicted octanol–water partition coefficient (Wildman–Crippen LogP) is 3.58. The maximum absolute atomic E-state index is 12.5. The van der Waals surface area contributed by atoms with E-state index in [4.69, 9.17) is 4.42 Å². The average Bonchev–Trinajstić information content (AvgIpc) is 3.23. The highest BCUT2D eigenvalue weighted by atomic mass is 16.3. The highest BCUT2D eigenvalue weighted by molar-refractivity contribution is 5.95. The van der Waals surface area contributed by atoms with Gasteiger partial charge in [0.15, 0.2) is 0 Å². The summed E-state index contributed by atoms with van der Waals surface area (Å²) in [5.41, 5.74) is 2.72. The van der Waals surface area contributed by atoms with Crippen LogP contribution in [0.3, 0.4) is 0 Å². The molecule has 0 aliphatic heterocycles. The van der Waals surface area contributed by atoms with Crippen LogP contribution in [0.4, 0.5) is 0 Å². The van der Waals surface area contributed by atoms with E-state index in [2.05, 4.69) is 36.4 Å². The lowest BCUT2D eigenvalue weighted by Crippen LogP contribution is -2.24. The molecule has 0 bridgehead atoms. The van der Waals surface area contributed by atoms with E-state index in [1.807, 2.05) is 28.9 Å². The van der Waals surface area contributed by atoms with Crippen molar-refractivity contribution in [3.8, 4) is 0 Å². The Morgan fingerprint density at radius 3 is 2.67 bits per heavy atom. The van der Waals surface area contributed by atoms with Crippen molar-refractivity contribution in [3.63, 3.8) is 0 Å². The van der Waals surface area contributed by atoms with Gasteiger partial charge in [0.1, 0.15) is 5.76 Å². The fraction of sp³-hybridized carbons (Fsp3) is 0.263. The van der Waals surface area contributed by atoms with Crippen molar-refractivity contribution in [3.05, 3.63) is 77.5 Å². The fourth-order valence-electron chi connectivity index (χ4n) is 2.74. The quantitative estimate of drug-likeness (QED) is 0.754. The zero-order valence-electron chi connectivity index (χ0n) is 13.9. The molecule has 0 saturated heterocycles. The molecule has 5 nitrogen and oxygen atoms in total. The van der Waals surface area contributed by atoms with Crippen molar-refractivity contribution in [2.24, 2.45) is 0 Å². The molecule has 3 rings (SSSR count). The lowest BCUT2D eigenvalue weighted by molar-refractivity contribution is 0.0946. The highest BCUT2D eigenvalue weighted by Gasteiger charge is 2.20. The lowest BCUT2D eigenvalue weighted by Gasteiger charge is -2.13. The molecular weight excluding hydrogens is 302 g/mol. The highest BCUT2D eigenvalue weighted by Crippen LogP contribution is 2.20. The monoisotopic (exact) mass is 323 g/mol. The zero-order valence-corrected chi connectivity index (χ0v) is 13.9. The van der Waals surface area contributed by atoms with Crippen molar-refractivity contribution in [2.45, 2.75) is 32.9 Å². The van der Waals surface area contributed by atoms with Gasteiger partial charge in [-0.05, 0) is 23.6 Å². The molecule has 0 unspecified atom stereocenters. The fourth-order valence-corrected chi connectivity index (χ4v) is 2.74. The van der Waals surface area contributed by atoms with Gasteiger partial charge in [0.05, 0.1) is 36.8 Å². The first-order chi connectivity index (χ1) is 11.6. The number of aromatic nitrogens is 2. The molecule has 0 radical (unpaired) electrons. The summed E-state index contributed by atoms with van der Waals surface area (Å²) < 4.78 is 7.15. The van der Waals surface area contributed by atoms with E-state index >= 15 is 0 Å². The number of nitrogens with zero attached hydrogens (tertiary/aromatic N) is 2. The van der Waals surface area contributed by atoms with Gasteiger partial charge >= 0.3 is 0 Å². The second-order valence-corrected chi connectivity index (χ2v) is 6.00. The van der Waals surface area contributed by atoms with Crippen LogP contribution in [0, 0.1) is 0 Å². The number of amides is 1. The third-order valence-corrected chi connectivity index (χ3v) is 3.85. The van der Waals surface area contributed by atoms with E-state index in [0.29, 0.717) is 18.7 Å². The first-order valence-electron chi connectivity index (χ1n) is 8.05. The molecule has 24 heavy (non-hydrogen) atoms. The number of carbonyl (C=O) groups is 1. The van der Waals surface area contributed by atoms with E-state index < -0.39 is 0 Å². The Bertz CT molecular complexity index is 789. The molecule has 1 N–H and O–H groups in total. The molecule has 2 aromatic heterocycles. The van der Waals surface area contributed by atoms with Gasteiger partial charge in [-0.3, -0.25) is 9.48 Å². The number of furan rings is 1. The summed E-state index contributed by atoms with van der Waals surface area (Å²) in [6.45, 7) is 5.16. The molecule has 0 fully saturated rings. The smallest absolute Gasteiger partial charge is 0.255 e. The third kappa shape index (κ3) is 3.56. The van der Waals surface area contributed by atoms with Crippen molar-refractivity contribution >= 4 is 5.91 Å². The summed E-state index contributed by atoms with van der Waals surface area (Å²) >= 11 is 0. The van der Waals surface area contributed by atoms with Gasteiger partial charge in [0.2, 0.25) is 0 Å². The standard InChI is InChI=1S/C19H21N3O2/c1-14(2)18-17(19(23)20-11-16-9-6-10-24-16)12-21-22(18)13-15-7-4-3-5-8-15/h3-10,12,14H,11,13H2,1-2H3,(H,20,23). The second kappa shape index (κ2) is 7.17. The lowest BCUT2D eigenvalue weighted by atomic mass is 10.0. The number of carbonyl (C=O) groups excluding carboxylic acids is 1. The summed E-state index contributed by atoms with van der Waals surface area (Å²) in [6, 6.07) is 13.8. The van der Waals surface area contributed by atoms with Crippen LogP contribution in [0.5, 0.6) is 0 Å². The van der Waals surface area contributed by atoms with Gasteiger partial charge in [-0.15, -0.1) is 0 Å². The minimum atomic E-state index is -0.130. The maximum atomic E-state index is 12.5.